The first-order valence-electron chi connectivity index (χ1n) is 7.34. The van der Waals surface area contributed by atoms with Gasteiger partial charge in [-0.15, -0.1) is 11.6 Å². The fourth-order valence-electron chi connectivity index (χ4n) is 3.33. The summed E-state index contributed by atoms with van der Waals surface area (Å²) in [4.78, 5) is 2.55. The van der Waals surface area contributed by atoms with Crippen LogP contribution in [0.1, 0.15) is 30.1 Å². The molecule has 1 saturated heterocycles. The lowest BCUT2D eigenvalue weighted by atomic mass is 9.97. The predicted molar refractivity (Wildman–Crippen MR) is 78.7 cm³/mol. The van der Waals surface area contributed by atoms with Crippen LogP contribution in [0.15, 0.2) is 24.3 Å². The van der Waals surface area contributed by atoms with E-state index in [0.29, 0.717) is 0 Å². The molecule has 0 amide bonds. The minimum Gasteiger partial charge on any atom is -0.372 e. The lowest BCUT2D eigenvalue weighted by Gasteiger charge is -2.29. The van der Waals surface area contributed by atoms with Crippen molar-refractivity contribution in [3.05, 3.63) is 35.4 Å². The minimum atomic E-state index is 0.264. The molecule has 1 aromatic rings. The monoisotopic (exact) mass is 279 g/mol. The molecule has 2 heterocycles. The van der Waals surface area contributed by atoms with Crippen LogP contribution >= 0.6 is 11.6 Å². The van der Waals surface area contributed by atoms with E-state index in [4.69, 9.17) is 16.3 Å². The summed E-state index contributed by atoms with van der Waals surface area (Å²) in [5.74, 6) is 1.58. The molecule has 3 rings (SSSR count). The van der Waals surface area contributed by atoms with E-state index in [1.165, 1.54) is 30.6 Å². The second-order valence-electron chi connectivity index (χ2n) is 5.70. The van der Waals surface area contributed by atoms with E-state index in [9.17, 15) is 0 Å². The summed E-state index contributed by atoms with van der Waals surface area (Å²) >= 11 is 5.84. The largest absolute Gasteiger partial charge is 0.372 e. The molecule has 1 fully saturated rings. The minimum absolute atomic E-state index is 0.264. The van der Waals surface area contributed by atoms with Crippen molar-refractivity contribution in [2.24, 2.45) is 5.92 Å². The van der Waals surface area contributed by atoms with Crippen LogP contribution in [0.3, 0.4) is 0 Å². The summed E-state index contributed by atoms with van der Waals surface area (Å²) in [6.45, 7) is 4.29. The molecule has 2 atom stereocenters. The average molecular weight is 280 g/mol. The van der Waals surface area contributed by atoms with E-state index in [-0.39, 0.29) is 6.10 Å². The normalized spacial score (nSPS) is 27.4. The molecular formula is C16H22ClNO. The highest BCUT2D eigenvalue weighted by Gasteiger charge is 2.27. The first-order chi connectivity index (χ1) is 9.36. The van der Waals surface area contributed by atoms with E-state index >= 15 is 0 Å². The van der Waals surface area contributed by atoms with Crippen molar-refractivity contribution in [1.29, 1.82) is 0 Å². The number of fused-ring (bicyclic) bond motifs is 1. The zero-order valence-corrected chi connectivity index (χ0v) is 12.1. The van der Waals surface area contributed by atoms with Gasteiger partial charge in [0.15, 0.2) is 0 Å². The van der Waals surface area contributed by atoms with Crippen LogP contribution in [-0.2, 0) is 11.2 Å². The maximum absolute atomic E-state index is 5.99. The molecule has 1 aromatic carbocycles. The Balaban J connectivity index is 1.62. The van der Waals surface area contributed by atoms with Crippen LogP contribution in [0.5, 0.6) is 0 Å². The number of benzene rings is 1. The number of alkyl halides is 1. The fourth-order valence-corrected chi connectivity index (χ4v) is 3.64. The summed E-state index contributed by atoms with van der Waals surface area (Å²) in [6.07, 6.45) is 3.77. The van der Waals surface area contributed by atoms with Crippen LogP contribution in [0.2, 0.25) is 0 Å². The van der Waals surface area contributed by atoms with E-state index in [1.54, 1.807) is 0 Å². The number of likely N-dealkylation sites (tertiary alicyclic amines) is 1. The van der Waals surface area contributed by atoms with Gasteiger partial charge in [-0.2, -0.15) is 0 Å². The summed E-state index contributed by atoms with van der Waals surface area (Å²) in [7, 11) is 0. The van der Waals surface area contributed by atoms with E-state index < -0.39 is 0 Å². The Labute approximate surface area is 120 Å². The van der Waals surface area contributed by atoms with Gasteiger partial charge in [-0.25, -0.2) is 0 Å². The lowest BCUT2D eigenvalue weighted by Crippen LogP contribution is -2.30. The van der Waals surface area contributed by atoms with Crippen molar-refractivity contribution < 1.29 is 4.74 Å². The number of hydrogen-bond acceptors (Lipinski definition) is 2. The van der Waals surface area contributed by atoms with Gasteiger partial charge in [0, 0.05) is 19.0 Å². The van der Waals surface area contributed by atoms with Gasteiger partial charge in [0.05, 0.1) is 12.7 Å². The first kappa shape index (κ1) is 13.4. The molecule has 2 nitrogen and oxygen atoms in total. The summed E-state index contributed by atoms with van der Waals surface area (Å²) in [5, 5.41) is 0. The molecule has 0 saturated carbocycles. The van der Waals surface area contributed by atoms with E-state index in [0.717, 1.165) is 37.8 Å². The van der Waals surface area contributed by atoms with Crippen molar-refractivity contribution in [3.63, 3.8) is 0 Å². The first-order valence-corrected chi connectivity index (χ1v) is 7.88. The van der Waals surface area contributed by atoms with Gasteiger partial charge in [0.25, 0.3) is 0 Å². The number of nitrogens with zero attached hydrogens (tertiary/aromatic N) is 1. The highest BCUT2D eigenvalue weighted by molar-refractivity contribution is 6.17. The SMILES string of the molecule is ClCCC1CCN(CC2OCCc3ccccc32)C1. The number of rotatable bonds is 4. The molecule has 2 aliphatic heterocycles. The molecule has 0 aromatic heterocycles. The van der Waals surface area contributed by atoms with Gasteiger partial charge in [-0.1, -0.05) is 24.3 Å². The van der Waals surface area contributed by atoms with Crippen molar-refractivity contribution in [3.8, 4) is 0 Å². The Hall–Kier alpha value is -0.570. The average Bonchev–Trinajstić information content (AvgIpc) is 2.87. The molecule has 2 aliphatic rings. The maximum atomic E-state index is 5.99. The number of ether oxygens (including phenoxy) is 1. The molecule has 0 aliphatic carbocycles. The Kier molecular flexibility index (Phi) is 4.42. The molecule has 104 valence electrons. The van der Waals surface area contributed by atoms with E-state index in [1.807, 2.05) is 0 Å². The Morgan fingerprint density at radius 1 is 1.32 bits per heavy atom. The van der Waals surface area contributed by atoms with Crippen LogP contribution in [0.4, 0.5) is 0 Å². The highest BCUT2D eigenvalue weighted by Crippen LogP contribution is 2.29. The third kappa shape index (κ3) is 3.13. The zero-order chi connectivity index (χ0) is 13.1. The molecule has 19 heavy (non-hydrogen) atoms. The van der Waals surface area contributed by atoms with Gasteiger partial charge in [0.1, 0.15) is 0 Å². The number of hydrogen-bond donors (Lipinski definition) is 0. The molecule has 0 N–H and O–H groups in total. The van der Waals surface area contributed by atoms with Crippen molar-refractivity contribution in [2.75, 3.05) is 32.1 Å². The van der Waals surface area contributed by atoms with Gasteiger partial charge in [-0.05, 0) is 42.9 Å². The summed E-state index contributed by atoms with van der Waals surface area (Å²) < 4.78 is 5.99. The highest BCUT2D eigenvalue weighted by atomic mass is 35.5. The second kappa shape index (κ2) is 6.25. The van der Waals surface area contributed by atoms with Gasteiger partial charge >= 0.3 is 0 Å². The molecule has 0 radical (unpaired) electrons. The smallest absolute Gasteiger partial charge is 0.0954 e. The van der Waals surface area contributed by atoms with Crippen LogP contribution in [0, 0.1) is 5.92 Å². The van der Waals surface area contributed by atoms with Crippen molar-refractivity contribution in [2.45, 2.75) is 25.4 Å². The third-order valence-electron chi connectivity index (χ3n) is 4.40. The van der Waals surface area contributed by atoms with Gasteiger partial charge < -0.3 is 9.64 Å². The van der Waals surface area contributed by atoms with E-state index in [2.05, 4.69) is 29.2 Å². The van der Waals surface area contributed by atoms with Crippen molar-refractivity contribution in [1.82, 2.24) is 4.90 Å². The standard InChI is InChI=1S/C16H22ClNO/c17-8-5-13-6-9-18(11-13)12-16-15-4-2-1-3-14(15)7-10-19-16/h1-4,13,16H,5-12H2. The van der Waals surface area contributed by atoms with Crippen LogP contribution < -0.4 is 0 Å². The molecule has 0 bridgehead atoms. The quantitative estimate of drug-likeness (QED) is 0.785. The maximum Gasteiger partial charge on any atom is 0.0954 e. The van der Waals surface area contributed by atoms with Gasteiger partial charge in [-0.3, -0.25) is 0 Å². The summed E-state index contributed by atoms with van der Waals surface area (Å²) in [5.41, 5.74) is 2.87. The van der Waals surface area contributed by atoms with Crippen LogP contribution in [0.25, 0.3) is 0 Å². The summed E-state index contributed by atoms with van der Waals surface area (Å²) in [6, 6.07) is 8.73. The lowest BCUT2D eigenvalue weighted by molar-refractivity contribution is 0.0199. The second-order valence-corrected chi connectivity index (χ2v) is 6.08. The molecular weight excluding hydrogens is 258 g/mol. The fraction of sp³-hybridized carbons (Fsp3) is 0.625. The topological polar surface area (TPSA) is 12.5 Å². The van der Waals surface area contributed by atoms with Crippen molar-refractivity contribution >= 4 is 11.6 Å². The number of halogens is 1. The Morgan fingerprint density at radius 3 is 3.11 bits per heavy atom. The zero-order valence-electron chi connectivity index (χ0n) is 11.4. The van der Waals surface area contributed by atoms with Gasteiger partial charge in [0.2, 0.25) is 0 Å². The Morgan fingerprint density at radius 2 is 2.21 bits per heavy atom. The Bertz CT molecular complexity index is 423. The molecule has 3 heteroatoms. The molecule has 2 unspecified atom stereocenters. The van der Waals surface area contributed by atoms with Crippen LogP contribution in [-0.4, -0.2) is 37.0 Å². The predicted octanol–water partition coefficient (Wildman–Crippen LogP) is 3.25. The molecule has 0 spiro atoms. The third-order valence-corrected chi connectivity index (χ3v) is 4.62.